The van der Waals surface area contributed by atoms with Gasteiger partial charge in [-0.3, -0.25) is 5.41 Å². The van der Waals surface area contributed by atoms with Crippen LogP contribution in [0.15, 0.2) is 222 Å². The highest BCUT2D eigenvalue weighted by molar-refractivity contribution is 6.13. The molecule has 0 radical (unpaired) electrons. The molecule has 3 nitrogen and oxygen atoms in total. The molecule has 2 aliphatic carbocycles. The molecule has 8 rings (SSSR count). The Labute approximate surface area is 329 Å². The number of aliphatic imine (C=N–C) groups is 2. The number of amidine groups is 2. The van der Waals surface area contributed by atoms with Gasteiger partial charge in [-0.15, -0.1) is 0 Å². The van der Waals surface area contributed by atoms with Crippen LogP contribution in [0.1, 0.15) is 46.2 Å². The van der Waals surface area contributed by atoms with E-state index < -0.39 is 0 Å². The normalized spacial score (nSPS) is 14.1. The molecule has 0 fully saturated rings. The van der Waals surface area contributed by atoms with Crippen LogP contribution in [0.2, 0.25) is 0 Å². The Morgan fingerprint density at radius 1 is 0.536 bits per heavy atom. The zero-order chi connectivity index (χ0) is 37.9. The van der Waals surface area contributed by atoms with Crippen molar-refractivity contribution in [3.8, 4) is 22.3 Å². The number of allylic oxidation sites excluding steroid dienone is 12. The average molecular weight is 720 g/mol. The van der Waals surface area contributed by atoms with E-state index in [1.165, 1.54) is 39.0 Å². The lowest BCUT2D eigenvalue weighted by atomic mass is 9.84. The van der Waals surface area contributed by atoms with Crippen molar-refractivity contribution in [1.29, 1.82) is 5.41 Å². The first-order valence-corrected chi connectivity index (χ1v) is 19.0. The van der Waals surface area contributed by atoms with E-state index in [9.17, 15) is 0 Å². The van der Waals surface area contributed by atoms with Crippen molar-refractivity contribution in [3.05, 3.63) is 246 Å². The highest BCUT2D eigenvalue weighted by Gasteiger charge is 2.19. The minimum absolute atomic E-state index is 0.153. The predicted octanol–water partition coefficient (Wildman–Crippen LogP) is 13.2. The standard InChI is InChI=1S/C53H41N3/c54-52(56-53(43-28-15-6-16-29-43)55-38-39-20-7-3-8-21-39)47-33-19-32-45(35-47)44-30-17-18-31-46(34-44)51-37-49(41-26-13-5-14-27-41)48(40-24-11-4-12-25-40)36-50(51)42-22-9-1-2-10-23-42/h1-16,18-22,24-38,54H,17,23H2/b54-52?,55-38+,56-53-. The van der Waals surface area contributed by atoms with Crippen molar-refractivity contribution in [3.63, 3.8) is 0 Å². The second-order valence-electron chi connectivity index (χ2n) is 13.7. The largest absolute Gasteiger partial charge is 0.282 e. The smallest absolute Gasteiger partial charge is 0.161 e. The van der Waals surface area contributed by atoms with E-state index in [0.29, 0.717) is 5.84 Å². The van der Waals surface area contributed by atoms with Crippen molar-refractivity contribution in [2.24, 2.45) is 9.98 Å². The summed E-state index contributed by atoms with van der Waals surface area (Å²) in [7, 11) is 0. The first-order chi connectivity index (χ1) is 27.7. The third-order valence-electron chi connectivity index (χ3n) is 9.91. The molecule has 0 unspecified atom stereocenters. The maximum Gasteiger partial charge on any atom is 0.161 e. The molecule has 1 N–H and O–H groups in total. The summed E-state index contributed by atoms with van der Waals surface area (Å²) in [6.07, 6.45) is 23.3. The first kappa shape index (κ1) is 35.8. The van der Waals surface area contributed by atoms with E-state index in [4.69, 9.17) is 15.4 Å². The van der Waals surface area contributed by atoms with Crippen molar-refractivity contribution < 1.29 is 0 Å². The number of hydrogen-bond acceptors (Lipinski definition) is 1. The zero-order valence-corrected chi connectivity index (χ0v) is 31.1. The van der Waals surface area contributed by atoms with Gasteiger partial charge in [0.15, 0.2) is 11.7 Å². The van der Waals surface area contributed by atoms with Crippen molar-refractivity contribution in [2.45, 2.75) is 12.8 Å². The first-order valence-electron chi connectivity index (χ1n) is 19.0. The second kappa shape index (κ2) is 17.3. The van der Waals surface area contributed by atoms with Crippen LogP contribution < -0.4 is 0 Å². The summed E-state index contributed by atoms with van der Waals surface area (Å²) < 4.78 is 0. The lowest BCUT2D eigenvalue weighted by molar-refractivity contribution is 1.38. The van der Waals surface area contributed by atoms with Gasteiger partial charge in [0.1, 0.15) is 0 Å². The maximum absolute atomic E-state index is 9.15. The molecule has 0 spiro atoms. The lowest BCUT2D eigenvalue weighted by Crippen LogP contribution is -2.05. The number of rotatable bonds is 8. The molecule has 56 heavy (non-hydrogen) atoms. The van der Waals surface area contributed by atoms with Crippen molar-refractivity contribution in [1.82, 2.24) is 0 Å². The van der Waals surface area contributed by atoms with Crippen LogP contribution in [0.4, 0.5) is 0 Å². The molecule has 0 saturated heterocycles. The lowest BCUT2D eigenvalue weighted by Gasteiger charge is -2.20. The van der Waals surface area contributed by atoms with Crippen molar-refractivity contribution >= 4 is 34.6 Å². The molecule has 0 aromatic heterocycles. The van der Waals surface area contributed by atoms with Gasteiger partial charge in [0.25, 0.3) is 0 Å². The summed E-state index contributed by atoms with van der Waals surface area (Å²) in [6, 6.07) is 54.1. The zero-order valence-electron chi connectivity index (χ0n) is 31.1. The third kappa shape index (κ3) is 8.44. The Kier molecular flexibility index (Phi) is 11.0. The van der Waals surface area contributed by atoms with Gasteiger partial charge < -0.3 is 0 Å². The van der Waals surface area contributed by atoms with E-state index in [1.54, 1.807) is 6.21 Å². The van der Waals surface area contributed by atoms with E-state index >= 15 is 0 Å². The summed E-state index contributed by atoms with van der Waals surface area (Å²) in [5.41, 5.74) is 14.2. The Bertz CT molecular complexity index is 2600. The molecular weight excluding hydrogens is 679 g/mol. The number of hydrogen-bond donors (Lipinski definition) is 1. The fourth-order valence-corrected chi connectivity index (χ4v) is 7.07. The van der Waals surface area contributed by atoms with Gasteiger partial charge in [-0.1, -0.05) is 188 Å². The van der Waals surface area contributed by atoms with Gasteiger partial charge in [-0.05, 0) is 98.3 Å². The molecular formula is C53H41N3. The fourth-order valence-electron chi connectivity index (χ4n) is 7.07. The Morgan fingerprint density at radius 2 is 1.16 bits per heavy atom. The van der Waals surface area contributed by atoms with E-state index in [-0.39, 0.29) is 5.84 Å². The van der Waals surface area contributed by atoms with Crippen LogP contribution in [0, 0.1) is 5.41 Å². The minimum atomic E-state index is 0.153. The van der Waals surface area contributed by atoms with Crippen LogP contribution in [0.3, 0.4) is 0 Å². The Morgan fingerprint density at radius 3 is 1.88 bits per heavy atom. The summed E-state index contributed by atoms with van der Waals surface area (Å²) in [5.74, 6) is 0.642. The van der Waals surface area contributed by atoms with Crippen LogP contribution in [0.25, 0.3) is 39.0 Å². The highest BCUT2D eigenvalue weighted by atomic mass is 14.9. The number of benzene rings is 6. The Hall–Kier alpha value is -7.23. The molecule has 0 aliphatic heterocycles. The van der Waals surface area contributed by atoms with Crippen molar-refractivity contribution in [2.75, 3.05) is 0 Å². The van der Waals surface area contributed by atoms with Gasteiger partial charge in [0.05, 0.1) is 0 Å². The van der Waals surface area contributed by atoms with Crippen LogP contribution in [0.5, 0.6) is 0 Å². The predicted molar refractivity (Wildman–Crippen MR) is 238 cm³/mol. The summed E-state index contributed by atoms with van der Waals surface area (Å²) in [5, 5.41) is 9.15. The number of nitrogens with one attached hydrogen (secondary N) is 1. The monoisotopic (exact) mass is 719 g/mol. The molecule has 0 heterocycles. The molecule has 0 bridgehead atoms. The van der Waals surface area contributed by atoms with E-state index in [1.807, 2.05) is 72.8 Å². The molecule has 0 amide bonds. The number of nitrogens with zero attached hydrogens (tertiary/aromatic N) is 2. The summed E-state index contributed by atoms with van der Waals surface area (Å²) >= 11 is 0. The molecule has 2 aliphatic rings. The van der Waals surface area contributed by atoms with Gasteiger partial charge in [0, 0.05) is 17.3 Å². The molecule has 0 saturated carbocycles. The van der Waals surface area contributed by atoms with E-state index in [2.05, 4.69) is 140 Å². The van der Waals surface area contributed by atoms with Crippen LogP contribution in [-0.2, 0) is 0 Å². The van der Waals surface area contributed by atoms with Gasteiger partial charge >= 0.3 is 0 Å². The van der Waals surface area contributed by atoms with Gasteiger partial charge in [-0.2, -0.15) is 0 Å². The molecule has 3 heteroatoms. The average Bonchev–Trinajstić information content (AvgIpc) is 3.70. The SMILES string of the molecule is N=C(/N=C(\N=C\c1ccccc1)c1ccccc1)c1cccc(C2=CCC=CC(c3cc(-c4ccccc4)c(-c4ccccc4)cc3C3=CC=CC=CC3)=C2)c1. The Balaban J connectivity index is 1.21. The molecule has 6 aromatic carbocycles. The van der Waals surface area contributed by atoms with Crippen LogP contribution in [-0.4, -0.2) is 17.9 Å². The highest BCUT2D eigenvalue weighted by Crippen LogP contribution is 2.41. The molecule has 6 aromatic rings. The van der Waals surface area contributed by atoms with E-state index in [0.717, 1.165) is 46.2 Å². The maximum atomic E-state index is 9.15. The minimum Gasteiger partial charge on any atom is -0.282 e. The third-order valence-corrected chi connectivity index (χ3v) is 9.91. The quantitative estimate of drug-likeness (QED) is 0.120. The fraction of sp³-hybridized carbons (Fsp3) is 0.0377. The molecule has 268 valence electrons. The van der Waals surface area contributed by atoms with Gasteiger partial charge in [0.2, 0.25) is 0 Å². The topological polar surface area (TPSA) is 48.6 Å². The molecule has 0 atom stereocenters. The summed E-state index contributed by atoms with van der Waals surface area (Å²) in [4.78, 5) is 9.53. The van der Waals surface area contributed by atoms with Gasteiger partial charge in [-0.25, -0.2) is 9.98 Å². The second-order valence-corrected chi connectivity index (χ2v) is 13.7. The summed E-state index contributed by atoms with van der Waals surface area (Å²) in [6.45, 7) is 0. The van der Waals surface area contributed by atoms with Crippen LogP contribution >= 0.6 is 0 Å².